The predicted octanol–water partition coefficient (Wildman–Crippen LogP) is 3.65. The largest absolute Gasteiger partial charge is 0.508 e. The summed E-state index contributed by atoms with van der Waals surface area (Å²) in [6.07, 6.45) is 0.755. The summed E-state index contributed by atoms with van der Waals surface area (Å²) in [4.78, 5) is 0. The molecule has 4 N–H and O–H groups in total. The number of aliphatic hydroxyl groups is 2. The summed E-state index contributed by atoms with van der Waals surface area (Å²) in [5.41, 5.74) is 4.23. The summed E-state index contributed by atoms with van der Waals surface area (Å²) < 4.78 is 19.0. The van der Waals surface area contributed by atoms with Gasteiger partial charge in [0.1, 0.15) is 11.6 Å². The SMILES string of the molecule is OCc1cc(C(O)CNCCc2cccc(COCCc3cccc(F)c3)c2)ccc1O. The smallest absolute Gasteiger partial charge is 0.123 e. The molecule has 3 aromatic rings. The molecule has 0 bridgehead atoms. The Morgan fingerprint density at radius 2 is 1.66 bits per heavy atom. The lowest BCUT2D eigenvalue weighted by molar-refractivity contribution is 0.124. The lowest BCUT2D eigenvalue weighted by atomic mass is 10.0. The zero-order valence-electron chi connectivity index (χ0n) is 18.0. The van der Waals surface area contributed by atoms with Crippen LogP contribution in [0.15, 0.2) is 66.7 Å². The molecule has 0 aliphatic rings. The highest BCUT2D eigenvalue weighted by molar-refractivity contribution is 5.36. The van der Waals surface area contributed by atoms with Crippen molar-refractivity contribution in [3.8, 4) is 5.75 Å². The fourth-order valence-corrected chi connectivity index (χ4v) is 3.48. The topological polar surface area (TPSA) is 82.0 Å². The standard InChI is InChI=1S/C26H30FNO4/c27-24-6-2-4-20(14-24)10-12-32-18-21-5-1-3-19(13-21)9-11-28-16-26(31)22-7-8-25(30)23(15-22)17-29/h1-8,13-15,26,28-31H,9-12,16-18H2. The van der Waals surface area contributed by atoms with Crippen molar-refractivity contribution in [2.75, 3.05) is 19.7 Å². The Bertz CT molecular complexity index is 995. The summed E-state index contributed by atoms with van der Waals surface area (Å²) in [5, 5.41) is 32.4. The van der Waals surface area contributed by atoms with Gasteiger partial charge in [0.15, 0.2) is 0 Å². The summed E-state index contributed by atoms with van der Waals surface area (Å²) in [6.45, 7) is 1.83. The highest BCUT2D eigenvalue weighted by atomic mass is 19.1. The van der Waals surface area contributed by atoms with Crippen molar-refractivity contribution in [2.24, 2.45) is 0 Å². The molecular weight excluding hydrogens is 409 g/mol. The van der Waals surface area contributed by atoms with Gasteiger partial charge in [-0.1, -0.05) is 42.5 Å². The molecule has 0 aromatic heterocycles. The van der Waals surface area contributed by atoms with E-state index >= 15 is 0 Å². The molecule has 0 aliphatic carbocycles. The minimum absolute atomic E-state index is 0.0224. The summed E-state index contributed by atoms with van der Waals surface area (Å²) in [5.74, 6) is -0.205. The van der Waals surface area contributed by atoms with Crippen LogP contribution in [-0.2, 0) is 30.8 Å². The van der Waals surface area contributed by atoms with Crippen LogP contribution in [0.25, 0.3) is 0 Å². The Balaban J connectivity index is 1.38. The van der Waals surface area contributed by atoms with Gasteiger partial charge in [0, 0.05) is 12.1 Å². The highest BCUT2D eigenvalue weighted by Gasteiger charge is 2.10. The number of aromatic hydroxyl groups is 1. The van der Waals surface area contributed by atoms with Gasteiger partial charge in [-0.15, -0.1) is 0 Å². The van der Waals surface area contributed by atoms with Gasteiger partial charge < -0.3 is 25.4 Å². The molecule has 0 saturated carbocycles. The van der Waals surface area contributed by atoms with Gasteiger partial charge in [0.2, 0.25) is 0 Å². The minimum atomic E-state index is -0.723. The van der Waals surface area contributed by atoms with Crippen LogP contribution in [0, 0.1) is 5.82 Å². The van der Waals surface area contributed by atoms with Crippen molar-refractivity contribution < 1.29 is 24.4 Å². The number of hydrogen-bond acceptors (Lipinski definition) is 5. The number of ether oxygens (including phenoxy) is 1. The average Bonchev–Trinajstić information content (AvgIpc) is 2.80. The number of rotatable bonds is 12. The number of benzene rings is 3. The molecule has 0 spiro atoms. The van der Waals surface area contributed by atoms with E-state index in [4.69, 9.17) is 4.74 Å². The number of halogens is 1. The number of phenols is 1. The Labute approximate surface area is 188 Å². The van der Waals surface area contributed by atoms with Gasteiger partial charge in [-0.3, -0.25) is 0 Å². The predicted molar refractivity (Wildman–Crippen MR) is 122 cm³/mol. The summed E-state index contributed by atoms with van der Waals surface area (Å²) in [7, 11) is 0. The molecule has 170 valence electrons. The Hall–Kier alpha value is -2.77. The lowest BCUT2D eigenvalue weighted by Crippen LogP contribution is -2.23. The Morgan fingerprint density at radius 3 is 2.44 bits per heavy atom. The van der Waals surface area contributed by atoms with Crippen LogP contribution in [0.4, 0.5) is 4.39 Å². The zero-order chi connectivity index (χ0) is 22.8. The van der Waals surface area contributed by atoms with E-state index in [-0.39, 0.29) is 18.2 Å². The van der Waals surface area contributed by atoms with Crippen LogP contribution < -0.4 is 5.32 Å². The number of aliphatic hydroxyl groups excluding tert-OH is 2. The maximum absolute atomic E-state index is 13.2. The summed E-state index contributed by atoms with van der Waals surface area (Å²) >= 11 is 0. The Kier molecular flexibility index (Phi) is 9.19. The second kappa shape index (κ2) is 12.3. The van der Waals surface area contributed by atoms with Crippen molar-refractivity contribution in [1.29, 1.82) is 0 Å². The molecule has 1 atom stereocenters. The van der Waals surface area contributed by atoms with Crippen molar-refractivity contribution in [3.63, 3.8) is 0 Å². The molecule has 0 aliphatic heterocycles. The van der Waals surface area contributed by atoms with Crippen LogP contribution in [0.1, 0.15) is 33.9 Å². The molecule has 32 heavy (non-hydrogen) atoms. The van der Waals surface area contributed by atoms with E-state index in [0.29, 0.717) is 43.9 Å². The lowest BCUT2D eigenvalue weighted by Gasteiger charge is -2.14. The van der Waals surface area contributed by atoms with Crippen LogP contribution >= 0.6 is 0 Å². The van der Waals surface area contributed by atoms with E-state index in [0.717, 1.165) is 17.5 Å². The second-order valence-electron chi connectivity index (χ2n) is 7.77. The van der Waals surface area contributed by atoms with Crippen molar-refractivity contribution in [3.05, 3.63) is 100 Å². The van der Waals surface area contributed by atoms with Gasteiger partial charge in [0.05, 0.1) is 25.9 Å². The number of nitrogens with one attached hydrogen (secondary N) is 1. The maximum atomic E-state index is 13.2. The normalized spacial score (nSPS) is 12.1. The second-order valence-corrected chi connectivity index (χ2v) is 7.77. The molecule has 0 radical (unpaired) electrons. The summed E-state index contributed by atoms with van der Waals surface area (Å²) in [6, 6.07) is 19.5. The molecule has 0 saturated heterocycles. The number of hydrogen-bond donors (Lipinski definition) is 4. The first-order valence-corrected chi connectivity index (χ1v) is 10.8. The molecule has 0 heterocycles. The average molecular weight is 440 g/mol. The monoisotopic (exact) mass is 439 g/mol. The third kappa shape index (κ3) is 7.43. The van der Waals surface area contributed by atoms with Gasteiger partial charge >= 0.3 is 0 Å². The van der Waals surface area contributed by atoms with Crippen LogP contribution in [0.5, 0.6) is 5.75 Å². The zero-order valence-corrected chi connectivity index (χ0v) is 18.0. The van der Waals surface area contributed by atoms with Crippen molar-refractivity contribution in [2.45, 2.75) is 32.2 Å². The molecule has 5 nitrogen and oxygen atoms in total. The van der Waals surface area contributed by atoms with Crippen LogP contribution in [-0.4, -0.2) is 35.0 Å². The van der Waals surface area contributed by atoms with Crippen LogP contribution in [0.2, 0.25) is 0 Å². The Morgan fingerprint density at radius 1 is 0.906 bits per heavy atom. The fourth-order valence-electron chi connectivity index (χ4n) is 3.48. The van der Waals surface area contributed by atoms with E-state index < -0.39 is 6.10 Å². The molecule has 3 rings (SSSR count). The first-order valence-electron chi connectivity index (χ1n) is 10.8. The molecule has 3 aromatic carbocycles. The van der Waals surface area contributed by atoms with E-state index in [9.17, 15) is 19.7 Å². The van der Waals surface area contributed by atoms with Crippen molar-refractivity contribution in [1.82, 2.24) is 5.32 Å². The molecular formula is C26H30FNO4. The van der Waals surface area contributed by atoms with Gasteiger partial charge in [-0.25, -0.2) is 4.39 Å². The minimum Gasteiger partial charge on any atom is -0.508 e. The van der Waals surface area contributed by atoms with Crippen molar-refractivity contribution >= 4 is 0 Å². The first-order chi connectivity index (χ1) is 15.5. The molecule has 6 heteroatoms. The third-order valence-electron chi connectivity index (χ3n) is 5.27. The maximum Gasteiger partial charge on any atom is 0.123 e. The third-order valence-corrected chi connectivity index (χ3v) is 5.27. The highest BCUT2D eigenvalue weighted by Crippen LogP contribution is 2.22. The molecule has 0 fully saturated rings. The first kappa shape index (κ1) is 23.9. The van der Waals surface area contributed by atoms with Gasteiger partial charge in [-0.05, 0) is 65.9 Å². The van der Waals surface area contributed by atoms with Gasteiger partial charge in [0.25, 0.3) is 0 Å². The fraction of sp³-hybridized carbons (Fsp3) is 0.308. The molecule has 0 amide bonds. The van der Waals surface area contributed by atoms with E-state index in [1.165, 1.54) is 23.8 Å². The van der Waals surface area contributed by atoms with Crippen LogP contribution in [0.3, 0.4) is 0 Å². The van der Waals surface area contributed by atoms with Gasteiger partial charge in [-0.2, -0.15) is 0 Å². The quantitative estimate of drug-likeness (QED) is 0.324. The van der Waals surface area contributed by atoms with E-state index in [1.54, 1.807) is 18.2 Å². The van der Waals surface area contributed by atoms with E-state index in [2.05, 4.69) is 17.4 Å². The molecule has 1 unspecified atom stereocenters. The van der Waals surface area contributed by atoms with E-state index in [1.807, 2.05) is 18.2 Å².